The summed E-state index contributed by atoms with van der Waals surface area (Å²) in [6.45, 7) is 17.0. The SMILES string of the molecule is CCCCCCCCCCCNCCC[C@@H](C)[C@H]1CC[C@H]2C3C(OCCCN)CC4C[C@H](OCCCN)CC[C@]4(C)[C@H]3C[C@H](OCCCN)[C@]12C. The summed E-state index contributed by atoms with van der Waals surface area (Å²) in [6, 6.07) is 0. The van der Waals surface area contributed by atoms with Crippen LogP contribution in [0.15, 0.2) is 0 Å². The molecule has 4 aliphatic rings. The second-order valence-electron chi connectivity index (χ2n) is 18.2. The van der Waals surface area contributed by atoms with Gasteiger partial charge in [0.15, 0.2) is 0 Å². The Kier molecular flexibility index (Phi) is 19.5. The zero-order chi connectivity index (χ0) is 36.5. The molecule has 11 atom stereocenters. The molecule has 0 heterocycles. The maximum absolute atomic E-state index is 7.05. The van der Waals surface area contributed by atoms with Crippen LogP contribution in [0, 0.1) is 46.3 Å². The van der Waals surface area contributed by atoms with Gasteiger partial charge >= 0.3 is 0 Å². The fourth-order valence-corrected chi connectivity index (χ4v) is 12.0. The van der Waals surface area contributed by atoms with Gasteiger partial charge in [-0.25, -0.2) is 0 Å². The molecule has 0 amide bonds. The Morgan fingerprint density at radius 1 is 0.667 bits per heavy atom. The lowest BCUT2D eigenvalue weighted by atomic mass is 9.43. The fourth-order valence-electron chi connectivity index (χ4n) is 12.0. The maximum Gasteiger partial charge on any atom is 0.0637 e. The van der Waals surface area contributed by atoms with Crippen LogP contribution in [0.3, 0.4) is 0 Å². The van der Waals surface area contributed by atoms with Gasteiger partial charge in [0.2, 0.25) is 0 Å². The number of hydrogen-bond donors (Lipinski definition) is 4. The van der Waals surface area contributed by atoms with E-state index in [9.17, 15) is 0 Å². The molecule has 0 spiro atoms. The van der Waals surface area contributed by atoms with Crippen molar-refractivity contribution in [1.29, 1.82) is 0 Å². The van der Waals surface area contributed by atoms with Crippen molar-refractivity contribution < 1.29 is 14.2 Å². The maximum atomic E-state index is 7.05. The molecule has 7 nitrogen and oxygen atoms in total. The number of fused-ring (bicyclic) bond motifs is 5. The van der Waals surface area contributed by atoms with E-state index >= 15 is 0 Å². The Balaban J connectivity index is 1.38. The molecule has 0 aromatic rings. The van der Waals surface area contributed by atoms with Crippen LogP contribution in [-0.4, -0.2) is 70.9 Å². The van der Waals surface area contributed by atoms with Crippen LogP contribution < -0.4 is 22.5 Å². The Bertz CT molecular complexity index is 925. The molecule has 3 unspecified atom stereocenters. The molecule has 4 rings (SSSR count). The van der Waals surface area contributed by atoms with E-state index in [1.807, 2.05) is 0 Å². The third-order valence-corrected chi connectivity index (χ3v) is 15.0. The number of unbranched alkanes of at least 4 members (excludes halogenated alkanes) is 8. The standard InChI is InChI=1S/C44H86N4O3/c1-5-6-7-8-9-10-11-12-13-26-48-27-14-18-34(2)37-19-20-38-42-39(33-41(44(37,38)4)51-30-17-25-47)43(3)22-21-36(49-28-15-23-45)31-35(43)32-40(42)50-29-16-24-46/h34-42,48H,5-33,45-47H2,1-4H3/t34-,35?,36-,37-,38+,39+,40?,41+,42?,43+,44-/m1/s1. The summed E-state index contributed by atoms with van der Waals surface area (Å²) in [4.78, 5) is 0. The molecule has 4 aliphatic carbocycles. The molecule has 0 radical (unpaired) electrons. The van der Waals surface area contributed by atoms with Crippen LogP contribution in [-0.2, 0) is 14.2 Å². The van der Waals surface area contributed by atoms with E-state index in [1.54, 1.807) is 0 Å². The van der Waals surface area contributed by atoms with Crippen molar-refractivity contribution in [3.8, 4) is 0 Å². The second-order valence-corrected chi connectivity index (χ2v) is 18.2. The summed E-state index contributed by atoms with van der Waals surface area (Å²) in [6.07, 6.45) is 27.6. The first-order chi connectivity index (χ1) is 24.8. The molecule has 0 aromatic heterocycles. The van der Waals surface area contributed by atoms with Crippen LogP contribution >= 0.6 is 0 Å². The Hall–Kier alpha value is -0.280. The minimum atomic E-state index is 0.181. The van der Waals surface area contributed by atoms with E-state index in [2.05, 4.69) is 33.0 Å². The van der Waals surface area contributed by atoms with Gasteiger partial charge in [-0.1, -0.05) is 79.1 Å². The second kappa shape index (κ2) is 22.9. The van der Waals surface area contributed by atoms with Crippen LogP contribution in [0.25, 0.3) is 0 Å². The van der Waals surface area contributed by atoms with Crippen LogP contribution in [0.2, 0.25) is 0 Å². The first kappa shape index (κ1) is 43.4. The molecule has 0 saturated heterocycles. The molecule has 300 valence electrons. The molecule has 4 saturated carbocycles. The molecule has 4 fully saturated rings. The average Bonchev–Trinajstić information content (AvgIpc) is 3.49. The van der Waals surface area contributed by atoms with E-state index in [0.717, 1.165) is 52.0 Å². The zero-order valence-corrected chi connectivity index (χ0v) is 34.2. The van der Waals surface area contributed by atoms with Crippen LogP contribution in [0.1, 0.15) is 163 Å². The van der Waals surface area contributed by atoms with Crippen molar-refractivity contribution in [3.05, 3.63) is 0 Å². The highest BCUT2D eigenvalue weighted by Gasteiger charge is 2.66. The van der Waals surface area contributed by atoms with Gasteiger partial charge < -0.3 is 36.7 Å². The molecule has 51 heavy (non-hydrogen) atoms. The molecular weight excluding hydrogens is 633 g/mol. The van der Waals surface area contributed by atoms with Crippen LogP contribution in [0.4, 0.5) is 0 Å². The van der Waals surface area contributed by atoms with Gasteiger partial charge in [-0.3, -0.25) is 0 Å². The van der Waals surface area contributed by atoms with Gasteiger partial charge in [-0.2, -0.15) is 0 Å². The summed E-state index contributed by atoms with van der Waals surface area (Å²) in [5.41, 5.74) is 18.3. The van der Waals surface area contributed by atoms with Crippen molar-refractivity contribution in [3.63, 3.8) is 0 Å². The Morgan fingerprint density at radius 2 is 1.29 bits per heavy atom. The smallest absolute Gasteiger partial charge is 0.0637 e. The topological polar surface area (TPSA) is 118 Å². The molecule has 0 aliphatic heterocycles. The first-order valence-corrected chi connectivity index (χ1v) is 22.5. The minimum Gasteiger partial charge on any atom is -0.378 e. The highest BCUT2D eigenvalue weighted by atomic mass is 16.5. The number of nitrogens with one attached hydrogen (secondary N) is 1. The number of hydrogen-bond acceptors (Lipinski definition) is 7. The third-order valence-electron chi connectivity index (χ3n) is 15.0. The lowest BCUT2D eigenvalue weighted by Crippen LogP contribution is -2.63. The van der Waals surface area contributed by atoms with Gasteiger partial charge in [0.05, 0.1) is 18.3 Å². The quantitative estimate of drug-likeness (QED) is 0.0629. The van der Waals surface area contributed by atoms with E-state index in [0.29, 0.717) is 78.9 Å². The third kappa shape index (κ3) is 11.6. The number of rotatable bonds is 27. The fraction of sp³-hybridized carbons (Fsp3) is 1.00. The molecule has 7 heteroatoms. The monoisotopic (exact) mass is 719 g/mol. The van der Waals surface area contributed by atoms with Gasteiger partial charge in [0.1, 0.15) is 0 Å². The Labute approximate surface area is 315 Å². The van der Waals surface area contributed by atoms with Crippen molar-refractivity contribution in [2.45, 2.75) is 181 Å². The molecule has 7 N–H and O–H groups in total. The highest BCUT2D eigenvalue weighted by molar-refractivity contribution is 5.15. The average molecular weight is 719 g/mol. The predicted molar refractivity (Wildman–Crippen MR) is 215 cm³/mol. The van der Waals surface area contributed by atoms with Gasteiger partial charge in [-0.05, 0) is 157 Å². The summed E-state index contributed by atoms with van der Waals surface area (Å²) in [5.74, 6) is 3.92. The van der Waals surface area contributed by atoms with Gasteiger partial charge in [0, 0.05) is 25.2 Å². The van der Waals surface area contributed by atoms with E-state index in [-0.39, 0.29) is 5.41 Å². The summed E-state index contributed by atoms with van der Waals surface area (Å²) >= 11 is 0. The van der Waals surface area contributed by atoms with Crippen molar-refractivity contribution in [2.24, 2.45) is 63.5 Å². The molecule has 0 bridgehead atoms. The number of ether oxygens (including phenoxy) is 3. The molecular formula is C44H86N4O3. The van der Waals surface area contributed by atoms with Crippen molar-refractivity contribution >= 4 is 0 Å². The lowest BCUT2D eigenvalue weighted by Gasteiger charge is -2.65. The zero-order valence-electron chi connectivity index (χ0n) is 34.2. The predicted octanol–water partition coefficient (Wildman–Crippen LogP) is 8.60. The van der Waals surface area contributed by atoms with Crippen LogP contribution in [0.5, 0.6) is 0 Å². The van der Waals surface area contributed by atoms with E-state index in [4.69, 9.17) is 31.4 Å². The summed E-state index contributed by atoms with van der Waals surface area (Å²) < 4.78 is 20.4. The number of nitrogens with two attached hydrogens (primary N) is 3. The lowest BCUT2D eigenvalue weighted by molar-refractivity contribution is -0.227. The highest BCUT2D eigenvalue weighted by Crippen LogP contribution is 2.69. The summed E-state index contributed by atoms with van der Waals surface area (Å²) in [7, 11) is 0. The Morgan fingerprint density at radius 3 is 1.98 bits per heavy atom. The normalized spacial score (nSPS) is 35.4. The largest absolute Gasteiger partial charge is 0.378 e. The van der Waals surface area contributed by atoms with E-state index in [1.165, 1.54) is 116 Å². The van der Waals surface area contributed by atoms with Crippen molar-refractivity contribution in [2.75, 3.05) is 52.5 Å². The van der Waals surface area contributed by atoms with Crippen molar-refractivity contribution in [1.82, 2.24) is 5.32 Å². The minimum absolute atomic E-state index is 0.181. The van der Waals surface area contributed by atoms with E-state index < -0.39 is 0 Å². The van der Waals surface area contributed by atoms with Gasteiger partial charge in [0.25, 0.3) is 0 Å². The first-order valence-electron chi connectivity index (χ1n) is 22.5. The molecule has 0 aromatic carbocycles. The van der Waals surface area contributed by atoms with Gasteiger partial charge in [-0.15, -0.1) is 0 Å². The summed E-state index contributed by atoms with van der Waals surface area (Å²) in [5, 5.41) is 3.80.